The number of carboxylic acid groups (broad SMARTS) is 1. The van der Waals surface area contributed by atoms with Gasteiger partial charge in [-0.15, -0.1) is 5.10 Å². The number of rotatable bonds is 5. The molecule has 0 saturated heterocycles. The van der Waals surface area contributed by atoms with Crippen molar-refractivity contribution in [3.63, 3.8) is 0 Å². The molecule has 0 bridgehead atoms. The van der Waals surface area contributed by atoms with Crippen molar-refractivity contribution in [1.29, 1.82) is 0 Å². The Morgan fingerprint density at radius 3 is 2.90 bits per heavy atom. The number of aromatic nitrogens is 3. The standard InChI is InChI=1S/C14H15N3O3S/c18-14(19)13-9-17(16-15-13)6-7-21(20)12-5-4-10-2-1-3-11(10)8-12/h4-5,8-9H,1-3,6-7H2,(H,18,19). The van der Waals surface area contributed by atoms with Crippen molar-refractivity contribution >= 4 is 16.8 Å². The molecule has 3 rings (SSSR count). The molecule has 0 spiro atoms. The molecule has 2 aromatic rings. The number of nitrogens with zero attached hydrogens (tertiary/aromatic N) is 3. The smallest absolute Gasteiger partial charge is 0.358 e. The van der Waals surface area contributed by atoms with Crippen molar-refractivity contribution in [3.05, 3.63) is 41.2 Å². The minimum atomic E-state index is -1.11. The Hall–Kier alpha value is -2.02. The second-order valence-electron chi connectivity index (χ2n) is 5.01. The number of aryl methyl sites for hydroxylation is 3. The van der Waals surface area contributed by atoms with Gasteiger partial charge < -0.3 is 5.11 Å². The number of carbonyl (C=O) groups is 1. The summed E-state index contributed by atoms with van der Waals surface area (Å²) >= 11 is 0. The molecule has 0 aliphatic heterocycles. The van der Waals surface area contributed by atoms with E-state index in [1.165, 1.54) is 28.4 Å². The molecule has 7 heteroatoms. The molecule has 1 heterocycles. The molecule has 1 aromatic carbocycles. The van der Waals surface area contributed by atoms with Gasteiger partial charge in [0, 0.05) is 10.6 Å². The minimum Gasteiger partial charge on any atom is -0.476 e. The Morgan fingerprint density at radius 2 is 2.14 bits per heavy atom. The molecule has 1 aliphatic rings. The van der Waals surface area contributed by atoms with E-state index in [-0.39, 0.29) is 5.69 Å². The second-order valence-corrected chi connectivity index (χ2v) is 6.58. The fourth-order valence-corrected chi connectivity index (χ4v) is 3.57. The van der Waals surface area contributed by atoms with Crippen molar-refractivity contribution in [2.45, 2.75) is 30.7 Å². The van der Waals surface area contributed by atoms with Gasteiger partial charge in [0.2, 0.25) is 0 Å². The van der Waals surface area contributed by atoms with Crippen LogP contribution in [0.2, 0.25) is 0 Å². The zero-order valence-corrected chi connectivity index (χ0v) is 12.2. The fourth-order valence-electron chi connectivity index (χ4n) is 2.49. The third-order valence-corrected chi connectivity index (χ3v) is 4.93. The molecule has 0 radical (unpaired) electrons. The van der Waals surface area contributed by atoms with E-state index in [9.17, 15) is 9.00 Å². The molecular formula is C14H15N3O3S. The fraction of sp³-hybridized carbons (Fsp3) is 0.357. The lowest BCUT2D eigenvalue weighted by Crippen LogP contribution is -2.09. The van der Waals surface area contributed by atoms with Gasteiger partial charge >= 0.3 is 5.97 Å². The predicted molar refractivity (Wildman–Crippen MR) is 76.7 cm³/mol. The number of benzene rings is 1. The predicted octanol–water partition coefficient (Wildman–Crippen LogP) is 1.27. The zero-order valence-electron chi connectivity index (χ0n) is 11.4. The van der Waals surface area contributed by atoms with E-state index in [2.05, 4.69) is 16.4 Å². The van der Waals surface area contributed by atoms with E-state index < -0.39 is 16.8 Å². The van der Waals surface area contributed by atoms with Crippen LogP contribution in [0, 0.1) is 0 Å². The molecule has 1 aliphatic carbocycles. The zero-order chi connectivity index (χ0) is 14.8. The number of fused-ring (bicyclic) bond motifs is 1. The number of aromatic carboxylic acids is 1. The lowest BCUT2D eigenvalue weighted by molar-refractivity contribution is 0.0690. The van der Waals surface area contributed by atoms with Crippen LogP contribution in [0.5, 0.6) is 0 Å². The molecule has 6 nitrogen and oxygen atoms in total. The monoisotopic (exact) mass is 305 g/mol. The van der Waals surface area contributed by atoms with E-state index in [1.54, 1.807) is 0 Å². The maximum absolute atomic E-state index is 12.3. The van der Waals surface area contributed by atoms with E-state index >= 15 is 0 Å². The summed E-state index contributed by atoms with van der Waals surface area (Å²) in [5.41, 5.74) is 2.56. The molecule has 1 aromatic heterocycles. The van der Waals surface area contributed by atoms with Crippen molar-refractivity contribution in [2.75, 3.05) is 5.75 Å². The Balaban J connectivity index is 1.64. The summed E-state index contributed by atoms with van der Waals surface area (Å²) in [5, 5.41) is 16.0. The summed E-state index contributed by atoms with van der Waals surface area (Å²) in [5.74, 6) is -0.720. The van der Waals surface area contributed by atoms with E-state index in [4.69, 9.17) is 5.11 Å². The highest BCUT2D eigenvalue weighted by Crippen LogP contribution is 2.24. The first kappa shape index (κ1) is 13.9. The van der Waals surface area contributed by atoms with Crippen LogP contribution < -0.4 is 0 Å². The van der Waals surface area contributed by atoms with Gasteiger partial charge in [0.1, 0.15) is 0 Å². The average molecular weight is 305 g/mol. The van der Waals surface area contributed by atoms with Gasteiger partial charge in [-0.25, -0.2) is 4.79 Å². The minimum absolute atomic E-state index is 0.0988. The molecule has 0 fully saturated rings. The Bertz CT molecular complexity index is 711. The van der Waals surface area contributed by atoms with Crippen molar-refractivity contribution in [3.8, 4) is 0 Å². The average Bonchev–Trinajstić information content (AvgIpc) is 3.12. The lowest BCUT2D eigenvalue weighted by Gasteiger charge is -2.05. The molecule has 1 N–H and O–H groups in total. The van der Waals surface area contributed by atoms with Crippen molar-refractivity contribution < 1.29 is 14.1 Å². The van der Waals surface area contributed by atoms with Gasteiger partial charge in [-0.3, -0.25) is 8.89 Å². The quantitative estimate of drug-likeness (QED) is 0.899. The van der Waals surface area contributed by atoms with Gasteiger partial charge in [0.05, 0.1) is 23.5 Å². The molecule has 21 heavy (non-hydrogen) atoms. The van der Waals surface area contributed by atoms with Crippen LogP contribution in [0.25, 0.3) is 0 Å². The normalized spacial score (nSPS) is 14.9. The molecular weight excluding hydrogens is 290 g/mol. The van der Waals surface area contributed by atoms with Gasteiger partial charge in [-0.05, 0) is 42.5 Å². The summed E-state index contributed by atoms with van der Waals surface area (Å²) in [6.45, 7) is 0.379. The van der Waals surface area contributed by atoms with Crippen LogP contribution >= 0.6 is 0 Å². The Kier molecular flexibility index (Phi) is 3.83. The van der Waals surface area contributed by atoms with Crippen LogP contribution in [-0.2, 0) is 30.2 Å². The summed E-state index contributed by atoms with van der Waals surface area (Å²) in [4.78, 5) is 11.5. The van der Waals surface area contributed by atoms with Crippen LogP contribution in [0.1, 0.15) is 28.0 Å². The van der Waals surface area contributed by atoms with E-state index in [0.717, 1.165) is 17.7 Å². The summed E-state index contributed by atoms with van der Waals surface area (Å²) < 4.78 is 13.7. The molecule has 0 amide bonds. The van der Waals surface area contributed by atoms with Crippen LogP contribution in [0.3, 0.4) is 0 Å². The first-order chi connectivity index (χ1) is 10.1. The molecule has 1 atom stereocenters. The number of carboxylic acids is 1. The van der Waals surface area contributed by atoms with Crippen LogP contribution in [0.15, 0.2) is 29.3 Å². The maximum atomic E-state index is 12.3. The first-order valence-corrected chi connectivity index (χ1v) is 8.09. The topological polar surface area (TPSA) is 85.1 Å². The summed E-state index contributed by atoms with van der Waals surface area (Å²) in [6, 6.07) is 6.01. The van der Waals surface area contributed by atoms with Crippen LogP contribution in [-0.4, -0.2) is 36.0 Å². The second kappa shape index (κ2) is 5.77. The van der Waals surface area contributed by atoms with E-state index in [1.807, 2.05) is 12.1 Å². The SMILES string of the molecule is O=C(O)c1cn(CCS(=O)c2ccc3c(c2)CCC3)nn1. The third-order valence-electron chi connectivity index (χ3n) is 3.60. The van der Waals surface area contributed by atoms with Crippen molar-refractivity contribution in [1.82, 2.24) is 15.0 Å². The molecule has 0 saturated carbocycles. The Morgan fingerprint density at radius 1 is 1.33 bits per heavy atom. The highest BCUT2D eigenvalue weighted by molar-refractivity contribution is 7.85. The highest BCUT2D eigenvalue weighted by Gasteiger charge is 2.14. The van der Waals surface area contributed by atoms with E-state index in [0.29, 0.717) is 12.3 Å². The van der Waals surface area contributed by atoms with Crippen molar-refractivity contribution in [2.24, 2.45) is 0 Å². The van der Waals surface area contributed by atoms with Gasteiger partial charge in [-0.1, -0.05) is 11.3 Å². The number of hydrogen-bond acceptors (Lipinski definition) is 4. The molecule has 1 unspecified atom stereocenters. The van der Waals surface area contributed by atoms with Gasteiger partial charge in [-0.2, -0.15) is 0 Å². The largest absolute Gasteiger partial charge is 0.476 e. The first-order valence-electron chi connectivity index (χ1n) is 6.77. The maximum Gasteiger partial charge on any atom is 0.358 e. The van der Waals surface area contributed by atoms with Crippen LogP contribution in [0.4, 0.5) is 0 Å². The summed E-state index contributed by atoms with van der Waals surface area (Å²) in [7, 11) is -1.11. The summed E-state index contributed by atoms with van der Waals surface area (Å²) in [6.07, 6.45) is 4.69. The Labute approximate surface area is 124 Å². The molecule has 110 valence electrons. The highest BCUT2D eigenvalue weighted by atomic mass is 32.2. The van der Waals surface area contributed by atoms with Gasteiger partial charge in [0.25, 0.3) is 0 Å². The lowest BCUT2D eigenvalue weighted by atomic mass is 10.1. The third kappa shape index (κ3) is 3.02. The number of hydrogen-bond donors (Lipinski definition) is 1. The van der Waals surface area contributed by atoms with Gasteiger partial charge in [0.15, 0.2) is 5.69 Å².